The third kappa shape index (κ3) is 4.90. The molecule has 0 fully saturated rings. The van der Waals surface area contributed by atoms with Crippen LogP contribution in [0, 0.1) is 12.7 Å². The van der Waals surface area contributed by atoms with Crippen LogP contribution in [0.2, 0.25) is 0 Å². The summed E-state index contributed by atoms with van der Waals surface area (Å²) in [6, 6.07) is 14.4. The maximum Gasteiger partial charge on any atom is 0.254 e. The molecule has 21 heavy (non-hydrogen) atoms. The van der Waals surface area contributed by atoms with Crippen molar-refractivity contribution in [1.29, 1.82) is 0 Å². The predicted molar refractivity (Wildman–Crippen MR) is 86.1 cm³/mol. The minimum Gasteiger partial charge on any atom is -0.351 e. The molecule has 0 radical (unpaired) electrons. The summed E-state index contributed by atoms with van der Waals surface area (Å²) in [6.45, 7) is 2.60. The highest BCUT2D eigenvalue weighted by atomic mass is 32.2. The lowest BCUT2D eigenvalue weighted by Gasteiger charge is -2.06. The monoisotopic (exact) mass is 303 g/mol. The van der Waals surface area contributed by atoms with Gasteiger partial charge in [-0.15, -0.1) is 0 Å². The first kappa shape index (κ1) is 15.6. The number of nitrogens with one attached hydrogen (secondary N) is 1. The van der Waals surface area contributed by atoms with E-state index in [1.807, 2.05) is 6.07 Å². The number of amides is 1. The highest BCUT2D eigenvalue weighted by Crippen LogP contribution is 2.13. The largest absolute Gasteiger partial charge is 0.351 e. The molecule has 0 saturated carbocycles. The Morgan fingerprint density at radius 3 is 2.76 bits per heavy atom. The first-order valence-electron chi connectivity index (χ1n) is 6.83. The Bertz CT molecular complexity index is 615. The number of carbonyl (C=O) groups is 1. The summed E-state index contributed by atoms with van der Waals surface area (Å²) in [5.41, 5.74) is 2.63. The third-order valence-corrected chi connectivity index (χ3v) is 4.03. The molecule has 2 nitrogen and oxygen atoms in total. The number of halogens is 1. The lowest BCUT2D eigenvalue weighted by Crippen LogP contribution is -2.26. The van der Waals surface area contributed by atoms with Gasteiger partial charge in [0.05, 0.1) is 5.56 Å². The van der Waals surface area contributed by atoms with Crippen LogP contribution in [0.25, 0.3) is 0 Å². The van der Waals surface area contributed by atoms with E-state index in [9.17, 15) is 9.18 Å². The zero-order valence-corrected chi connectivity index (χ0v) is 12.8. The van der Waals surface area contributed by atoms with E-state index in [1.54, 1.807) is 23.9 Å². The normalized spacial score (nSPS) is 10.4. The van der Waals surface area contributed by atoms with Crippen molar-refractivity contribution in [3.05, 3.63) is 71.0 Å². The van der Waals surface area contributed by atoms with Gasteiger partial charge in [0.2, 0.25) is 0 Å². The van der Waals surface area contributed by atoms with Gasteiger partial charge in [-0.25, -0.2) is 4.39 Å². The molecular weight excluding hydrogens is 285 g/mol. The van der Waals surface area contributed by atoms with E-state index in [-0.39, 0.29) is 11.5 Å². The van der Waals surface area contributed by atoms with E-state index in [4.69, 9.17) is 0 Å². The lowest BCUT2D eigenvalue weighted by molar-refractivity contribution is 0.0952. The molecule has 0 aliphatic rings. The molecule has 0 atom stereocenters. The molecule has 2 aromatic carbocycles. The van der Waals surface area contributed by atoms with Crippen molar-refractivity contribution in [3.63, 3.8) is 0 Å². The van der Waals surface area contributed by atoms with Crippen molar-refractivity contribution in [2.24, 2.45) is 0 Å². The van der Waals surface area contributed by atoms with E-state index in [2.05, 4.69) is 30.4 Å². The third-order valence-electron chi connectivity index (χ3n) is 3.00. The van der Waals surface area contributed by atoms with Crippen LogP contribution in [0.4, 0.5) is 4.39 Å². The quantitative estimate of drug-likeness (QED) is 0.823. The molecule has 2 rings (SSSR count). The minimum absolute atomic E-state index is 0.0983. The topological polar surface area (TPSA) is 29.1 Å². The van der Waals surface area contributed by atoms with Crippen molar-refractivity contribution in [2.45, 2.75) is 12.7 Å². The fourth-order valence-corrected chi connectivity index (χ4v) is 2.78. The Morgan fingerprint density at radius 2 is 2.00 bits per heavy atom. The van der Waals surface area contributed by atoms with Crippen molar-refractivity contribution < 1.29 is 9.18 Å². The Labute approximate surface area is 128 Å². The molecule has 1 N–H and O–H groups in total. The summed E-state index contributed by atoms with van der Waals surface area (Å²) >= 11 is 1.75. The fraction of sp³-hybridized carbons (Fsp3) is 0.235. The predicted octanol–water partition coefficient (Wildman–Crippen LogP) is 3.80. The lowest BCUT2D eigenvalue weighted by atomic mass is 10.2. The van der Waals surface area contributed by atoms with E-state index in [0.717, 1.165) is 11.5 Å². The van der Waals surface area contributed by atoms with E-state index >= 15 is 0 Å². The number of hydrogen-bond donors (Lipinski definition) is 1. The molecule has 0 unspecified atom stereocenters. The number of carbonyl (C=O) groups excluding carboxylic acids is 1. The zero-order valence-electron chi connectivity index (χ0n) is 11.9. The highest BCUT2D eigenvalue weighted by Gasteiger charge is 2.09. The molecule has 0 saturated heterocycles. The number of rotatable bonds is 6. The van der Waals surface area contributed by atoms with Gasteiger partial charge in [-0.3, -0.25) is 4.79 Å². The first-order chi connectivity index (χ1) is 10.2. The summed E-state index contributed by atoms with van der Waals surface area (Å²) in [5.74, 6) is 0.873. The van der Waals surface area contributed by atoms with Gasteiger partial charge in [0, 0.05) is 18.1 Å². The van der Waals surface area contributed by atoms with Gasteiger partial charge >= 0.3 is 0 Å². The van der Waals surface area contributed by atoms with Crippen LogP contribution >= 0.6 is 11.8 Å². The van der Waals surface area contributed by atoms with Crippen LogP contribution in [-0.4, -0.2) is 18.2 Å². The van der Waals surface area contributed by atoms with Gasteiger partial charge in [0.15, 0.2) is 0 Å². The van der Waals surface area contributed by atoms with Crippen LogP contribution in [0.15, 0.2) is 48.5 Å². The van der Waals surface area contributed by atoms with Crippen molar-refractivity contribution >= 4 is 17.7 Å². The van der Waals surface area contributed by atoms with Crippen LogP contribution < -0.4 is 5.32 Å². The Balaban J connectivity index is 1.70. The van der Waals surface area contributed by atoms with Gasteiger partial charge in [-0.05, 0) is 24.6 Å². The summed E-state index contributed by atoms with van der Waals surface area (Å²) < 4.78 is 13.4. The number of thioether (sulfide) groups is 1. The number of hydrogen-bond acceptors (Lipinski definition) is 2. The smallest absolute Gasteiger partial charge is 0.254 e. The molecule has 0 bridgehead atoms. The molecule has 4 heteroatoms. The summed E-state index contributed by atoms with van der Waals surface area (Å²) in [5, 5.41) is 2.74. The van der Waals surface area contributed by atoms with Gasteiger partial charge < -0.3 is 5.32 Å². The van der Waals surface area contributed by atoms with Crippen molar-refractivity contribution in [3.8, 4) is 0 Å². The highest BCUT2D eigenvalue weighted by molar-refractivity contribution is 7.98. The first-order valence-corrected chi connectivity index (χ1v) is 7.98. The van der Waals surface area contributed by atoms with Gasteiger partial charge in [-0.1, -0.05) is 42.0 Å². The summed E-state index contributed by atoms with van der Waals surface area (Å²) in [4.78, 5) is 11.8. The Hall–Kier alpha value is -1.81. The van der Waals surface area contributed by atoms with Gasteiger partial charge in [0.1, 0.15) is 5.82 Å². The Morgan fingerprint density at radius 1 is 1.19 bits per heavy atom. The maximum absolute atomic E-state index is 13.4. The SMILES string of the molecule is Cc1cccc(CSCCNC(=O)c2ccccc2F)c1. The second kappa shape index (κ2) is 7.84. The molecular formula is C17H18FNOS. The minimum atomic E-state index is -0.484. The molecule has 2 aromatic rings. The maximum atomic E-state index is 13.4. The van der Waals surface area contributed by atoms with Gasteiger partial charge in [0.25, 0.3) is 5.91 Å². The standard InChI is InChI=1S/C17H18FNOS/c1-13-5-4-6-14(11-13)12-21-10-9-19-17(20)15-7-2-3-8-16(15)18/h2-8,11H,9-10,12H2,1H3,(H,19,20). The van der Waals surface area contributed by atoms with Crippen molar-refractivity contribution in [2.75, 3.05) is 12.3 Å². The molecule has 0 aliphatic carbocycles. The molecule has 0 heterocycles. The average molecular weight is 303 g/mol. The van der Waals surface area contributed by atoms with E-state index < -0.39 is 5.82 Å². The van der Waals surface area contributed by atoms with E-state index in [0.29, 0.717) is 6.54 Å². The molecule has 0 aliphatic heterocycles. The van der Waals surface area contributed by atoms with Crippen LogP contribution in [-0.2, 0) is 5.75 Å². The van der Waals surface area contributed by atoms with Crippen molar-refractivity contribution in [1.82, 2.24) is 5.32 Å². The summed E-state index contributed by atoms with van der Waals surface area (Å²) in [6.07, 6.45) is 0. The number of benzene rings is 2. The second-order valence-corrected chi connectivity index (χ2v) is 5.88. The molecule has 0 spiro atoms. The fourth-order valence-electron chi connectivity index (χ4n) is 1.97. The zero-order chi connectivity index (χ0) is 15.1. The molecule has 110 valence electrons. The number of aryl methyl sites for hydroxylation is 1. The van der Waals surface area contributed by atoms with Crippen LogP contribution in [0.1, 0.15) is 21.5 Å². The molecule has 0 aromatic heterocycles. The second-order valence-electron chi connectivity index (χ2n) is 4.78. The Kier molecular flexibility index (Phi) is 5.81. The summed E-state index contributed by atoms with van der Waals surface area (Å²) in [7, 11) is 0. The van der Waals surface area contributed by atoms with Crippen LogP contribution in [0.3, 0.4) is 0 Å². The molecule has 1 amide bonds. The van der Waals surface area contributed by atoms with Crippen LogP contribution in [0.5, 0.6) is 0 Å². The van der Waals surface area contributed by atoms with Gasteiger partial charge in [-0.2, -0.15) is 11.8 Å². The average Bonchev–Trinajstić information content (AvgIpc) is 2.47. The van der Waals surface area contributed by atoms with E-state index in [1.165, 1.54) is 23.3 Å².